The number of rotatable bonds is 14. The first-order valence-electron chi connectivity index (χ1n) is 10.4. The molecule has 0 saturated carbocycles. The van der Waals surface area contributed by atoms with E-state index in [0.717, 1.165) is 37.9 Å². The van der Waals surface area contributed by atoms with Crippen LogP contribution in [0.25, 0.3) is 0 Å². The van der Waals surface area contributed by atoms with E-state index in [9.17, 15) is 15.0 Å². The fourth-order valence-electron chi connectivity index (χ4n) is 3.58. The third-order valence-corrected chi connectivity index (χ3v) is 6.61. The number of carbonyl (C=O) groups is 1. The van der Waals surface area contributed by atoms with Gasteiger partial charge >= 0.3 is 5.97 Å². The Morgan fingerprint density at radius 1 is 1.30 bits per heavy atom. The smallest absolute Gasteiger partial charge is 0.303 e. The summed E-state index contributed by atoms with van der Waals surface area (Å²) in [5.74, 6) is 0.706. The number of aliphatic hydroxyl groups excluding tert-OH is 2. The summed E-state index contributed by atoms with van der Waals surface area (Å²) in [5, 5.41) is 29.4. The topological polar surface area (TPSA) is 77.8 Å². The van der Waals surface area contributed by atoms with Gasteiger partial charge in [-0.25, -0.2) is 0 Å². The maximum absolute atomic E-state index is 10.5. The van der Waals surface area contributed by atoms with Crippen molar-refractivity contribution in [3.8, 4) is 0 Å². The van der Waals surface area contributed by atoms with Gasteiger partial charge < -0.3 is 15.3 Å². The van der Waals surface area contributed by atoms with Gasteiger partial charge in [0.1, 0.15) is 0 Å². The molecule has 0 spiro atoms. The number of carboxylic acid groups (broad SMARTS) is 1. The van der Waals surface area contributed by atoms with E-state index >= 15 is 0 Å². The second-order valence-corrected chi connectivity index (χ2v) is 9.07. The van der Waals surface area contributed by atoms with E-state index in [1.165, 1.54) is 23.3 Å². The fourth-order valence-corrected chi connectivity index (χ4v) is 4.91. The molecule has 0 aromatic rings. The number of aliphatic carboxylic acids is 1. The Balaban J connectivity index is 2.45. The van der Waals surface area contributed by atoms with E-state index in [1.54, 1.807) is 11.8 Å². The Bertz CT molecular complexity index is 501. The third-order valence-electron chi connectivity index (χ3n) is 5.18. The molecule has 1 rings (SSSR count). The summed E-state index contributed by atoms with van der Waals surface area (Å²) in [7, 11) is 0. The SMILES string of the molecule is CCCC[C@@H](C)C[C@H](O)C=C[C@@H]1C(SCCCCCC(=O)O)=C(C)C[C@H]1O. The van der Waals surface area contributed by atoms with Crippen molar-refractivity contribution in [3.05, 3.63) is 22.6 Å². The van der Waals surface area contributed by atoms with Crippen LogP contribution in [0.2, 0.25) is 0 Å². The summed E-state index contributed by atoms with van der Waals surface area (Å²) >= 11 is 1.78. The zero-order valence-corrected chi connectivity index (χ0v) is 18.0. The quantitative estimate of drug-likeness (QED) is 0.278. The van der Waals surface area contributed by atoms with Gasteiger partial charge in [0, 0.05) is 12.3 Å². The van der Waals surface area contributed by atoms with Gasteiger partial charge in [-0.3, -0.25) is 4.79 Å². The molecule has 5 heteroatoms. The van der Waals surface area contributed by atoms with Crippen molar-refractivity contribution in [1.82, 2.24) is 0 Å². The van der Waals surface area contributed by atoms with Gasteiger partial charge in [-0.15, -0.1) is 11.8 Å². The molecule has 0 saturated heterocycles. The maximum atomic E-state index is 10.5. The molecule has 1 aliphatic carbocycles. The van der Waals surface area contributed by atoms with Crippen LogP contribution in [0.5, 0.6) is 0 Å². The lowest BCUT2D eigenvalue weighted by Gasteiger charge is -2.17. The van der Waals surface area contributed by atoms with Crippen molar-refractivity contribution in [3.63, 3.8) is 0 Å². The highest BCUT2D eigenvalue weighted by Gasteiger charge is 2.30. The van der Waals surface area contributed by atoms with Gasteiger partial charge in [0.05, 0.1) is 12.2 Å². The molecule has 27 heavy (non-hydrogen) atoms. The van der Waals surface area contributed by atoms with Crippen molar-refractivity contribution in [2.45, 2.75) is 90.8 Å². The summed E-state index contributed by atoms with van der Waals surface area (Å²) in [6.07, 6.45) is 10.9. The van der Waals surface area contributed by atoms with E-state index in [2.05, 4.69) is 20.8 Å². The van der Waals surface area contributed by atoms with Gasteiger partial charge in [0.2, 0.25) is 0 Å². The second kappa shape index (κ2) is 13.4. The van der Waals surface area contributed by atoms with Crippen LogP contribution in [-0.4, -0.2) is 39.2 Å². The van der Waals surface area contributed by atoms with Crippen molar-refractivity contribution < 1.29 is 20.1 Å². The van der Waals surface area contributed by atoms with Gasteiger partial charge in [-0.05, 0) is 49.2 Å². The van der Waals surface area contributed by atoms with Gasteiger partial charge in [0.15, 0.2) is 0 Å². The predicted octanol–water partition coefficient (Wildman–Crippen LogP) is 5.15. The Hall–Kier alpha value is -0.780. The average Bonchev–Trinajstić information content (AvgIpc) is 2.87. The molecule has 0 radical (unpaired) electrons. The first-order valence-corrected chi connectivity index (χ1v) is 11.4. The molecule has 1 aliphatic rings. The molecule has 0 aromatic heterocycles. The predicted molar refractivity (Wildman–Crippen MR) is 114 cm³/mol. The van der Waals surface area contributed by atoms with Crippen molar-refractivity contribution in [2.24, 2.45) is 11.8 Å². The lowest BCUT2D eigenvalue weighted by atomic mass is 9.96. The molecule has 4 nitrogen and oxygen atoms in total. The van der Waals surface area contributed by atoms with E-state index in [0.29, 0.717) is 12.3 Å². The number of carboxylic acids is 1. The number of thioether (sulfide) groups is 1. The zero-order chi connectivity index (χ0) is 20.2. The van der Waals surface area contributed by atoms with Crippen molar-refractivity contribution >= 4 is 17.7 Å². The molecule has 0 bridgehead atoms. The molecule has 3 N–H and O–H groups in total. The summed E-state index contributed by atoms with van der Waals surface area (Å²) in [6.45, 7) is 6.45. The minimum Gasteiger partial charge on any atom is -0.481 e. The highest BCUT2D eigenvalue weighted by Crippen LogP contribution is 2.40. The minimum absolute atomic E-state index is 0.0189. The Morgan fingerprint density at radius 2 is 2.04 bits per heavy atom. The summed E-state index contributed by atoms with van der Waals surface area (Å²) in [6, 6.07) is 0. The first-order chi connectivity index (χ1) is 12.8. The monoisotopic (exact) mass is 398 g/mol. The molecule has 4 atom stereocenters. The molecular formula is C22H38O4S. The van der Waals surface area contributed by atoms with Crippen LogP contribution in [0, 0.1) is 11.8 Å². The van der Waals surface area contributed by atoms with Crippen LogP contribution in [0.3, 0.4) is 0 Å². The number of hydrogen-bond donors (Lipinski definition) is 3. The largest absolute Gasteiger partial charge is 0.481 e. The van der Waals surface area contributed by atoms with Crippen molar-refractivity contribution in [1.29, 1.82) is 0 Å². The molecule has 0 fully saturated rings. The Morgan fingerprint density at radius 3 is 2.70 bits per heavy atom. The normalized spacial score (nSPS) is 22.6. The van der Waals surface area contributed by atoms with Crippen LogP contribution < -0.4 is 0 Å². The highest BCUT2D eigenvalue weighted by molar-refractivity contribution is 8.03. The van der Waals surface area contributed by atoms with Gasteiger partial charge in [-0.2, -0.15) is 0 Å². The van der Waals surface area contributed by atoms with Crippen LogP contribution in [0.15, 0.2) is 22.6 Å². The number of hydrogen-bond acceptors (Lipinski definition) is 4. The van der Waals surface area contributed by atoms with Crippen molar-refractivity contribution in [2.75, 3.05) is 5.75 Å². The molecular weight excluding hydrogens is 360 g/mol. The van der Waals surface area contributed by atoms with Crippen LogP contribution in [0.1, 0.15) is 78.6 Å². The first kappa shape index (κ1) is 24.3. The number of aliphatic hydroxyl groups is 2. The lowest BCUT2D eigenvalue weighted by Crippen LogP contribution is -2.15. The highest BCUT2D eigenvalue weighted by atomic mass is 32.2. The van der Waals surface area contributed by atoms with Crippen LogP contribution >= 0.6 is 11.8 Å². The van der Waals surface area contributed by atoms with Gasteiger partial charge in [0.25, 0.3) is 0 Å². The maximum Gasteiger partial charge on any atom is 0.303 e. The third kappa shape index (κ3) is 9.82. The van der Waals surface area contributed by atoms with Crippen LogP contribution in [-0.2, 0) is 4.79 Å². The second-order valence-electron chi connectivity index (χ2n) is 7.93. The lowest BCUT2D eigenvalue weighted by molar-refractivity contribution is -0.137. The average molecular weight is 399 g/mol. The fraction of sp³-hybridized carbons (Fsp3) is 0.773. The molecule has 0 heterocycles. The van der Waals surface area contributed by atoms with E-state index in [1.807, 2.05) is 12.2 Å². The zero-order valence-electron chi connectivity index (χ0n) is 17.2. The summed E-state index contributed by atoms with van der Waals surface area (Å²) < 4.78 is 0. The standard InChI is InChI=1S/C22H38O4S/c1-4-5-9-16(2)14-18(23)11-12-19-20(24)15-17(3)22(19)27-13-8-6-7-10-21(25)26/h11-12,16,18-20,23-24H,4-10,13-15H2,1-3H3,(H,25,26)/t16-,18-,19+,20-/m1/s1. The summed E-state index contributed by atoms with van der Waals surface area (Å²) in [4.78, 5) is 11.8. The summed E-state index contributed by atoms with van der Waals surface area (Å²) in [5.41, 5.74) is 1.23. The number of unbranched alkanes of at least 4 members (excludes halogenated alkanes) is 3. The molecule has 156 valence electrons. The van der Waals surface area contributed by atoms with Gasteiger partial charge in [-0.1, -0.05) is 57.3 Å². The molecule has 0 unspecified atom stereocenters. The Labute approximate surface area is 169 Å². The van der Waals surface area contributed by atoms with E-state index in [4.69, 9.17) is 5.11 Å². The van der Waals surface area contributed by atoms with E-state index < -0.39 is 18.2 Å². The van der Waals surface area contributed by atoms with E-state index in [-0.39, 0.29) is 12.3 Å². The molecule has 0 aliphatic heterocycles. The molecule has 0 amide bonds. The molecule has 0 aromatic carbocycles. The Kier molecular flexibility index (Phi) is 12.0. The minimum atomic E-state index is -0.729. The van der Waals surface area contributed by atoms with Crippen LogP contribution in [0.4, 0.5) is 0 Å².